The maximum absolute atomic E-state index is 13.6. The summed E-state index contributed by atoms with van der Waals surface area (Å²) in [6, 6.07) is 12.6. The lowest BCUT2D eigenvalue weighted by Crippen LogP contribution is -2.49. The summed E-state index contributed by atoms with van der Waals surface area (Å²) in [7, 11) is -1.96. The van der Waals surface area contributed by atoms with Gasteiger partial charge in [0.2, 0.25) is 10.0 Å². The third-order valence-electron chi connectivity index (χ3n) is 6.89. The van der Waals surface area contributed by atoms with E-state index < -0.39 is 22.2 Å². The summed E-state index contributed by atoms with van der Waals surface area (Å²) >= 11 is 0. The van der Waals surface area contributed by atoms with Crippen molar-refractivity contribution in [1.29, 1.82) is 0 Å². The number of amides is 1. The number of hydrogen-bond acceptors (Lipinski definition) is 5. The molecular weight excluding hydrogens is 488 g/mol. The molecule has 1 aliphatic heterocycles. The predicted octanol–water partition coefficient (Wildman–Crippen LogP) is 2.85. The van der Waals surface area contributed by atoms with Crippen LogP contribution in [0.5, 0.6) is 0 Å². The second-order valence-corrected chi connectivity index (χ2v) is 11.9. The van der Waals surface area contributed by atoms with Crippen LogP contribution in [-0.2, 0) is 29.4 Å². The van der Waals surface area contributed by atoms with Crippen LogP contribution in [0.1, 0.15) is 35.3 Å². The summed E-state index contributed by atoms with van der Waals surface area (Å²) in [5.41, 5.74) is 4.59. The van der Waals surface area contributed by atoms with Gasteiger partial charge in [0.15, 0.2) is 0 Å². The molecule has 0 fully saturated rings. The van der Waals surface area contributed by atoms with E-state index in [0.717, 1.165) is 27.6 Å². The average molecular weight is 525 g/mol. The zero-order valence-corrected chi connectivity index (χ0v) is 22.5. The van der Waals surface area contributed by atoms with Crippen molar-refractivity contribution >= 4 is 32.5 Å². The Morgan fingerprint density at radius 3 is 2.62 bits per heavy atom. The fraction of sp³-hybridized carbons (Fsp3) is 0.393. The van der Waals surface area contributed by atoms with Gasteiger partial charge in [0, 0.05) is 43.8 Å². The quantitative estimate of drug-likeness (QED) is 0.354. The molecule has 198 valence electrons. The lowest BCUT2D eigenvalue weighted by atomic mass is 10.00. The molecule has 0 saturated carbocycles. The van der Waals surface area contributed by atoms with Crippen LogP contribution in [0.25, 0.3) is 10.9 Å². The predicted molar refractivity (Wildman–Crippen MR) is 149 cm³/mol. The highest BCUT2D eigenvalue weighted by molar-refractivity contribution is 7.92. The Morgan fingerprint density at radius 1 is 1.22 bits per heavy atom. The molecule has 37 heavy (non-hydrogen) atoms. The summed E-state index contributed by atoms with van der Waals surface area (Å²) in [6.45, 7) is 9.35. The zero-order chi connectivity index (χ0) is 26.7. The van der Waals surface area contributed by atoms with Crippen LogP contribution >= 0.6 is 0 Å². The molecule has 1 aliphatic rings. The number of aryl methyl sites for hydroxylation is 2. The van der Waals surface area contributed by atoms with Crippen molar-refractivity contribution in [3.05, 3.63) is 77.5 Å². The van der Waals surface area contributed by atoms with E-state index in [0.29, 0.717) is 37.2 Å². The number of hydrogen-bond donors (Lipinski definition) is 3. The minimum atomic E-state index is -3.50. The number of carbonyl (C=O) groups excluding carboxylic acids is 1. The van der Waals surface area contributed by atoms with Crippen molar-refractivity contribution in [2.45, 2.75) is 45.4 Å². The Labute approximate surface area is 219 Å². The van der Waals surface area contributed by atoms with Crippen LogP contribution in [0.3, 0.4) is 0 Å². The van der Waals surface area contributed by atoms with E-state index in [1.807, 2.05) is 56.4 Å². The topological polar surface area (TPSA) is 104 Å². The first kappa shape index (κ1) is 26.9. The van der Waals surface area contributed by atoms with E-state index in [9.17, 15) is 18.3 Å². The summed E-state index contributed by atoms with van der Waals surface area (Å²) < 4.78 is 29.0. The van der Waals surface area contributed by atoms with Crippen LogP contribution in [0.4, 0.5) is 5.69 Å². The van der Waals surface area contributed by atoms with Gasteiger partial charge in [-0.25, -0.2) is 8.42 Å². The van der Waals surface area contributed by atoms with E-state index >= 15 is 0 Å². The summed E-state index contributed by atoms with van der Waals surface area (Å²) in [5, 5.41) is 18.1. The van der Waals surface area contributed by atoms with Gasteiger partial charge in [-0.3, -0.25) is 9.10 Å². The summed E-state index contributed by atoms with van der Waals surface area (Å²) in [6.07, 6.45) is 2.01. The van der Waals surface area contributed by atoms with Crippen molar-refractivity contribution in [3.63, 3.8) is 0 Å². The van der Waals surface area contributed by atoms with Crippen molar-refractivity contribution in [3.8, 4) is 0 Å². The molecule has 2 aromatic carbocycles. The standard InChI is InChI=1S/C28H36N4O4S/c1-5-32-18-21-11-12-37(35,36)31(4)24-14-22(15-25(32)27(21)24)28(34)30-23(13-20-9-7-6-8-10-20)26(33)17-29-16-19(2)3/h6-10,14-15,18,23,26,29,33H,2,5,11-13,16-17H2,1,3-4H3,(H,30,34)/t23-,26+/m0/s1. The molecule has 3 aromatic rings. The maximum atomic E-state index is 13.6. The molecule has 3 N–H and O–H groups in total. The number of carbonyl (C=O) groups is 1. The number of anilines is 1. The van der Waals surface area contributed by atoms with Crippen molar-refractivity contribution in [2.24, 2.45) is 0 Å². The lowest BCUT2D eigenvalue weighted by molar-refractivity contribution is 0.0832. The highest BCUT2D eigenvalue weighted by atomic mass is 32.2. The maximum Gasteiger partial charge on any atom is 0.251 e. The van der Waals surface area contributed by atoms with Gasteiger partial charge in [0.05, 0.1) is 29.1 Å². The second-order valence-electron chi connectivity index (χ2n) is 9.79. The Morgan fingerprint density at radius 2 is 1.95 bits per heavy atom. The number of rotatable bonds is 10. The number of aliphatic hydroxyl groups is 1. The number of nitrogens with one attached hydrogen (secondary N) is 2. The fourth-order valence-electron chi connectivity index (χ4n) is 4.82. The van der Waals surface area contributed by atoms with Gasteiger partial charge in [0.1, 0.15) is 0 Å². The van der Waals surface area contributed by atoms with Crippen LogP contribution in [0.15, 0.2) is 60.8 Å². The van der Waals surface area contributed by atoms with Crippen LogP contribution in [-0.4, -0.2) is 62.0 Å². The molecule has 0 saturated heterocycles. The summed E-state index contributed by atoms with van der Waals surface area (Å²) in [4.78, 5) is 13.6. The van der Waals surface area contributed by atoms with E-state index in [1.54, 1.807) is 13.1 Å². The minimum Gasteiger partial charge on any atom is -0.390 e. The number of aliphatic hydroxyl groups excluding tert-OH is 1. The molecule has 0 aliphatic carbocycles. The molecule has 0 radical (unpaired) electrons. The Kier molecular flexibility index (Phi) is 8.06. The molecule has 4 rings (SSSR count). The molecule has 9 heteroatoms. The number of benzene rings is 2. The molecule has 0 unspecified atom stereocenters. The van der Waals surface area contributed by atoms with Crippen LogP contribution in [0, 0.1) is 0 Å². The first-order chi connectivity index (χ1) is 17.6. The summed E-state index contributed by atoms with van der Waals surface area (Å²) in [5.74, 6) is -0.344. The molecule has 2 heterocycles. The fourth-order valence-corrected chi connectivity index (χ4v) is 6.02. The average Bonchev–Trinajstić information content (AvgIpc) is 3.20. The second kappa shape index (κ2) is 11.1. The van der Waals surface area contributed by atoms with Crippen molar-refractivity contribution in [1.82, 2.24) is 15.2 Å². The van der Waals surface area contributed by atoms with Gasteiger partial charge in [-0.15, -0.1) is 0 Å². The van der Waals surface area contributed by atoms with E-state index in [-0.39, 0.29) is 18.2 Å². The molecule has 0 spiro atoms. The minimum absolute atomic E-state index is 0.0189. The Hall–Kier alpha value is -3.14. The smallest absolute Gasteiger partial charge is 0.251 e. The number of nitrogens with zero attached hydrogens (tertiary/aromatic N) is 2. The van der Waals surface area contributed by atoms with Crippen molar-refractivity contribution in [2.75, 3.05) is 30.2 Å². The number of aromatic nitrogens is 1. The van der Waals surface area contributed by atoms with Gasteiger partial charge >= 0.3 is 0 Å². The van der Waals surface area contributed by atoms with Crippen LogP contribution < -0.4 is 14.9 Å². The first-order valence-corrected chi connectivity index (χ1v) is 14.2. The molecular formula is C28H36N4O4S. The Bertz CT molecular complexity index is 1400. The van der Waals surface area contributed by atoms with Gasteiger partial charge in [-0.1, -0.05) is 42.5 Å². The van der Waals surface area contributed by atoms with Crippen molar-refractivity contribution < 1.29 is 18.3 Å². The first-order valence-electron chi connectivity index (χ1n) is 12.6. The van der Waals surface area contributed by atoms with Gasteiger partial charge in [-0.2, -0.15) is 0 Å². The normalized spacial score (nSPS) is 16.3. The molecule has 2 atom stereocenters. The third-order valence-corrected chi connectivity index (χ3v) is 8.64. The van der Waals surface area contributed by atoms with Gasteiger partial charge < -0.3 is 20.3 Å². The van der Waals surface area contributed by atoms with E-state index in [4.69, 9.17) is 0 Å². The highest BCUT2D eigenvalue weighted by Crippen LogP contribution is 2.36. The molecule has 1 aromatic heterocycles. The Balaban J connectivity index is 1.68. The monoisotopic (exact) mass is 524 g/mol. The SMILES string of the molecule is C=C(C)CNC[C@@H](O)[C@H](Cc1ccccc1)NC(=O)c1cc2c3c(cn(CC)c3c1)CCS(=O)(=O)N2C. The van der Waals surface area contributed by atoms with Gasteiger partial charge in [0.25, 0.3) is 5.91 Å². The van der Waals surface area contributed by atoms with E-state index in [1.165, 1.54) is 4.31 Å². The lowest BCUT2D eigenvalue weighted by Gasteiger charge is -2.25. The van der Waals surface area contributed by atoms with Crippen LogP contribution in [0.2, 0.25) is 0 Å². The number of sulfonamides is 1. The molecule has 8 nitrogen and oxygen atoms in total. The third kappa shape index (κ3) is 5.89. The molecule has 0 bridgehead atoms. The zero-order valence-electron chi connectivity index (χ0n) is 21.7. The van der Waals surface area contributed by atoms with Gasteiger partial charge in [-0.05, 0) is 49.9 Å². The van der Waals surface area contributed by atoms with E-state index in [2.05, 4.69) is 21.8 Å². The largest absolute Gasteiger partial charge is 0.390 e. The highest BCUT2D eigenvalue weighted by Gasteiger charge is 2.29. The molecule has 1 amide bonds.